The fourth-order valence-corrected chi connectivity index (χ4v) is 2.91. The van der Waals surface area contributed by atoms with Crippen LogP contribution < -0.4 is 10.8 Å². The van der Waals surface area contributed by atoms with E-state index in [0.29, 0.717) is 22.0 Å². The van der Waals surface area contributed by atoms with E-state index in [9.17, 15) is 9.59 Å². The molecular weight excluding hydrogens is 389 g/mol. The molecular formula is C19H13Cl2N3O3. The number of anilines is 1. The molecule has 27 heavy (non-hydrogen) atoms. The molecule has 0 aliphatic carbocycles. The minimum Gasteiger partial charge on any atom is -0.322 e. The third-order valence-electron chi connectivity index (χ3n) is 3.74. The average molecular weight is 402 g/mol. The summed E-state index contributed by atoms with van der Waals surface area (Å²) in [5.41, 5.74) is 3.68. The molecule has 6 nitrogen and oxygen atoms in total. The van der Waals surface area contributed by atoms with Gasteiger partial charge < -0.3 is 5.32 Å². The van der Waals surface area contributed by atoms with E-state index in [1.54, 1.807) is 30.5 Å². The molecule has 3 N–H and O–H groups in total. The first-order chi connectivity index (χ1) is 13.0. The van der Waals surface area contributed by atoms with E-state index >= 15 is 0 Å². The molecule has 0 spiro atoms. The summed E-state index contributed by atoms with van der Waals surface area (Å²) in [4.78, 5) is 28.2. The monoisotopic (exact) mass is 401 g/mol. The van der Waals surface area contributed by atoms with Gasteiger partial charge in [-0.2, -0.15) is 0 Å². The molecule has 0 saturated heterocycles. The number of benzene rings is 2. The molecule has 8 heteroatoms. The first-order valence-corrected chi connectivity index (χ1v) is 8.51. The second-order valence-corrected chi connectivity index (χ2v) is 6.31. The minimum atomic E-state index is -0.721. The van der Waals surface area contributed by atoms with Crippen LogP contribution in [0, 0.1) is 0 Å². The SMILES string of the molecule is O=C(NO)c1ccc(C(=O)Nc2ccc(Cl)c(-c3ccccn3)c2)c(Cl)c1. The van der Waals surface area contributed by atoms with Gasteiger partial charge in [0.1, 0.15) is 0 Å². The van der Waals surface area contributed by atoms with Crippen molar-refractivity contribution in [2.75, 3.05) is 5.32 Å². The molecule has 0 fully saturated rings. The van der Waals surface area contributed by atoms with E-state index < -0.39 is 11.8 Å². The lowest BCUT2D eigenvalue weighted by molar-refractivity contribution is 0.0706. The molecule has 0 bridgehead atoms. The second kappa shape index (κ2) is 8.18. The number of rotatable bonds is 4. The summed E-state index contributed by atoms with van der Waals surface area (Å²) < 4.78 is 0. The number of hydrogen-bond acceptors (Lipinski definition) is 4. The molecule has 0 unspecified atom stereocenters. The van der Waals surface area contributed by atoms with Crippen molar-refractivity contribution in [2.24, 2.45) is 0 Å². The Labute approximate surface area is 164 Å². The number of carbonyl (C=O) groups is 2. The lowest BCUT2D eigenvalue weighted by Crippen LogP contribution is -2.19. The van der Waals surface area contributed by atoms with E-state index in [1.165, 1.54) is 23.7 Å². The highest BCUT2D eigenvalue weighted by atomic mass is 35.5. The normalized spacial score (nSPS) is 10.3. The number of pyridine rings is 1. The topological polar surface area (TPSA) is 91.3 Å². The molecule has 0 aliphatic heterocycles. The van der Waals surface area contributed by atoms with E-state index in [0.717, 1.165) is 0 Å². The van der Waals surface area contributed by atoms with Gasteiger partial charge in [-0.05, 0) is 48.5 Å². The van der Waals surface area contributed by atoms with Crippen LogP contribution in [0.25, 0.3) is 11.3 Å². The maximum absolute atomic E-state index is 12.5. The Morgan fingerprint density at radius 2 is 1.74 bits per heavy atom. The summed E-state index contributed by atoms with van der Waals surface area (Å²) in [6, 6.07) is 14.6. The molecule has 1 heterocycles. The number of halogens is 2. The number of carbonyl (C=O) groups excluding carboxylic acids is 2. The number of aromatic nitrogens is 1. The summed E-state index contributed by atoms with van der Waals surface area (Å²) in [7, 11) is 0. The Bertz CT molecular complexity index is 1010. The van der Waals surface area contributed by atoms with Crippen molar-refractivity contribution in [3.05, 3.63) is 82.0 Å². The van der Waals surface area contributed by atoms with Gasteiger partial charge in [0.2, 0.25) is 0 Å². The lowest BCUT2D eigenvalue weighted by Gasteiger charge is -2.10. The highest BCUT2D eigenvalue weighted by molar-refractivity contribution is 6.35. The number of hydrogen-bond donors (Lipinski definition) is 3. The molecule has 3 rings (SSSR count). The Morgan fingerprint density at radius 1 is 0.926 bits per heavy atom. The van der Waals surface area contributed by atoms with Crippen LogP contribution in [0.2, 0.25) is 10.0 Å². The molecule has 2 amide bonds. The van der Waals surface area contributed by atoms with E-state index in [4.69, 9.17) is 28.4 Å². The summed E-state index contributed by atoms with van der Waals surface area (Å²) in [5, 5.41) is 12.0. The average Bonchev–Trinajstić information content (AvgIpc) is 2.69. The zero-order valence-electron chi connectivity index (χ0n) is 13.7. The molecule has 0 aliphatic rings. The van der Waals surface area contributed by atoms with Gasteiger partial charge in [0.05, 0.1) is 21.3 Å². The molecule has 3 aromatic rings. The molecule has 1 aromatic heterocycles. The largest absolute Gasteiger partial charge is 0.322 e. The van der Waals surface area contributed by atoms with Crippen LogP contribution >= 0.6 is 23.2 Å². The van der Waals surface area contributed by atoms with Crippen LogP contribution in [0.3, 0.4) is 0 Å². The minimum absolute atomic E-state index is 0.0764. The first kappa shape index (κ1) is 18.8. The third kappa shape index (κ3) is 4.25. The highest BCUT2D eigenvalue weighted by Gasteiger charge is 2.15. The van der Waals surface area contributed by atoms with Gasteiger partial charge in [-0.3, -0.25) is 19.8 Å². The van der Waals surface area contributed by atoms with E-state index in [1.807, 2.05) is 12.1 Å². The van der Waals surface area contributed by atoms with Crippen LogP contribution in [0.4, 0.5) is 5.69 Å². The van der Waals surface area contributed by atoms with Gasteiger partial charge in [0, 0.05) is 23.0 Å². The van der Waals surface area contributed by atoms with Gasteiger partial charge in [0.25, 0.3) is 11.8 Å². The quantitative estimate of drug-likeness (QED) is 0.445. The van der Waals surface area contributed by atoms with Gasteiger partial charge in [-0.1, -0.05) is 29.3 Å². The molecule has 0 saturated carbocycles. The molecule has 136 valence electrons. The fraction of sp³-hybridized carbons (Fsp3) is 0. The van der Waals surface area contributed by atoms with Crippen LogP contribution in [0.5, 0.6) is 0 Å². The molecule has 0 radical (unpaired) electrons. The van der Waals surface area contributed by atoms with Crippen molar-refractivity contribution in [1.29, 1.82) is 0 Å². The second-order valence-electron chi connectivity index (χ2n) is 5.50. The van der Waals surface area contributed by atoms with Crippen LogP contribution in [-0.2, 0) is 0 Å². The number of nitrogens with zero attached hydrogens (tertiary/aromatic N) is 1. The van der Waals surface area contributed by atoms with Crippen molar-refractivity contribution < 1.29 is 14.8 Å². The number of hydroxylamine groups is 1. The van der Waals surface area contributed by atoms with Crippen LogP contribution in [0.15, 0.2) is 60.8 Å². The smallest absolute Gasteiger partial charge is 0.274 e. The number of nitrogens with one attached hydrogen (secondary N) is 2. The summed E-state index contributed by atoms with van der Waals surface area (Å²) in [6.07, 6.45) is 1.65. The summed E-state index contributed by atoms with van der Waals surface area (Å²) in [5.74, 6) is -1.17. The van der Waals surface area contributed by atoms with Gasteiger partial charge >= 0.3 is 0 Å². The Kier molecular flexibility index (Phi) is 5.71. The van der Waals surface area contributed by atoms with Gasteiger partial charge in [-0.25, -0.2) is 5.48 Å². The molecule has 2 aromatic carbocycles. The van der Waals surface area contributed by atoms with Crippen molar-refractivity contribution in [3.8, 4) is 11.3 Å². The van der Waals surface area contributed by atoms with Crippen molar-refractivity contribution in [1.82, 2.24) is 10.5 Å². The predicted octanol–water partition coefficient (Wildman–Crippen LogP) is 4.43. The summed E-state index contributed by atoms with van der Waals surface area (Å²) >= 11 is 12.3. The third-order valence-corrected chi connectivity index (χ3v) is 4.38. The Morgan fingerprint density at radius 3 is 2.41 bits per heavy atom. The highest BCUT2D eigenvalue weighted by Crippen LogP contribution is 2.29. The Hall–Kier alpha value is -2.93. The Balaban J connectivity index is 1.86. The zero-order valence-corrected chi connectivity index (χ0v) is 15.3. The van der Waals surface area contributed by atoms with E-state index in [2.05, 4.69) is 10.3 Å². The lowest BCUT2D eigenvalue weighted by atomic mass is 10.1. The first-order valence-electron chi connectivity index (χ1n) is 7.76. The molecule has 0 atom stereocenters. The van der Waals surface area contributed by atoms with E-state index in [-0.39, 0.29) is 16.1 Å². The standard InChI is InChI=1S/C19H13Cl2N3O3/c20-15-7-5-12(10-14(15)17-3-1-2-8-22-17)23-19(26)13-6-4-11(9-16(13)21)18(25)24-27/h1-10,27H,(H,23,26)(H,24,25). The van der Waals surface area contributed by atoms with Crippen LogP contribution in [0.1, 0.15) is 20.7 Å². The van der Waals surface area contributed by atoms with Gasteiger partial charge in [0.15, 0.2) is 0 Å². The predicted molar refractivity (Wildman–Crippen MR) is 103 cm³/mol. The van der Waals surface area contributed by atoms with Crippen molar-refractivity contribution in [2.45, 2.75) is 0 Å². The van der Waals surface area contributed by atoms with Crippen molar-refractivity contribution in [3.63, 3.8) is 0 Å². The zero-order chi connectivity index (χ0) is 19.4. The summed E-state index contributed by atoms with van der Waals surface area (Å²) in [6.45, 7) is 0. The number of amides is 2. The maximum atomic E-state index is 12.5. The van der Waals surface area contributed by atoms with Crippen LogP contribution in [-0.4, -0.2) is 22.0 Å². The fourth-order valence-electron chi connectivity index (χ4n) is 2.42. The van der Waals surface area contributed by atoms with Crippen molar-refractivity contribution >= 4 is 40.7 Å². The van der Waals surface area contributed by atoms with Gasteiger partial charge in [-0.15, -0.1) is 0 Å². The maximum Gasteiger partial charge on any atom is 0.274 e.